The number of hydrogen-bond acceptors (Lipinski definition) is 9. The van der Waals surface area contributed by atoms with Crippen LogP contribution in [-0.4, -0.2) is 62.5 Å². The number of rotatable bonds is 6. The highest BCUT2D eigenvalue weighted by atomic mass is 19.1. The predicted molar refractivity (Wildman–Crippen MR) is 130 cm³/mol. The van der Waals surface area contributed by atoms with E-state index in [-0.39, 0.29) is 37.1 Å². The number of phenolic OH excluding ortho intramolecular Hbond substituents is 1. The van der Waals surface area contributed by atoms with Crippen molar-refractivity contribution in [3.63, 3.8) is 0 Å². The molecule has 12 heteroatoms. The van der Waals surface area contributed by atoms with E-state index in [1.54, 1.807) is 0 Å². The van der Waals surface area contributed by atoms with Gasteiger partial charge in [0.1, 0.15) is 22.9 Å². The van der Waals surface area contributed by atoms with Gasteiger partial charge in [-0.05, 0) is 44.1 Å². The summed E-state index contributed by atoms with van der Waals surface area (Å²) in [6.45, 7) is 0.564. The summed E-state index contributed by atoms with van der Waals surface area (Å²) in [5.41, 5.74) is 0.213. The van der Waals surface area contributed by atoms with Crippen molar-refractivity contribution in [3.05, 3.63) is 45.7 Å². The zero-order chi connectivity index (χ0) is 27.5. The first kappa shape index (κ1) is 25.9. The summed E-state index contributed by atoms with van der Waals surface area (Å²) in [6.07, 6.45) is 2.68. The number of ketones is 2. The summed E-state index contributed by atoms with van der Waals surface area (Å²) in [5.74, 6) is -8.92. The molecule has 3 atom stereocenters. The molecule has 0 aromatic heterocycles. The number of anilines is 1. The Hall–Kier alpha value is -3.77. The number of phenols is 1. The van der Waals surface area contributed by atoms with Crippen molar-refractivity contribution in [2.45, 2.75) is 44.1 Å². The maximum Gasteiger partial charge on any atom is 0.255 e. The quantitative estimate of drug-likeness (QED) is 0.208. The predicted octanol–water partition coefficient (Wildman–Crippen LogP) is 1.05. The molecule has 0 bridgehead atoms. The van der Waals surface area contributed by atoms with E-state index in [4.69, 9.17) is 5.73 Å². The molecule has 5 rings (SSSR count). The molecule has 1 saturated carbocycles. The zero-order valence-corrected chi connectivity index (χ0v) is 20.3. The number of Topliss-reactive ketones (excluding diaryl/α,β-unsaturated/α-hetero) is 2. The number of fused-ring (bicyclic) bond motifs is 3. The molecule has 2 amide bonds. The van der Waals surface area contributed by atoms with Crippen LogP contribution in [0.3, 0.4) is 0 Å². The van der Waals surface area contributed by atoms with Crippen LogP contribution in [0, 0.1) is 23.6 Å². The number of carbonyl (C=O) groups is 4. The van der Waals surface area contributed by atoms with Crippen LogP contribution < -0.4 is 16.4 Å². The van der Waals surface area contributed by atoms with Gasteiger partial charge < -0.3 is 36.8 Å². The van der Waals surface area contributed by atoms with E-state index in [0.717, 1.165) is 25.3 Å². The monoisotopic (exact) mass is 529 g/mol. The fraction of sp³-hybridized carbons (Fsp3) is 0.462. The first-order valence-electron chi connectivity index (χ1n) is 12.5. The van der Waals surface area contributed by atoms with Crippen LogP contribution in [0.1, 0.15) is 48.0 Å². The molecule has 11 nitrogen and oxygen atoms in total. The second kappa shape index (κ2) is 9.21. The Morgan fingerprint density at radius 2 is 1.87 bits per heavy atom. The maximum atomic E-state index is 15.2. The molecule has 4 aliphatic rings. The van der Waals surface area contributed by atoms with Crippen LogP contribution in [0.2, 0.25) is 0 Å². The highest BCUT2D eigenvalue weighted by Crippen LogP contribution is 2.52. The Balaban J connectivity index is 1.47. The van der Waals surface area contributed by atoms with Crippen LogP contribution in [-0.2, 0) is 20.8 Å². The van der Waals surface area contributed by atoms with E-state index in [9.17, 15) is 39.6 Å². The molecule has 0 aliphatic heterocycles. The summed E-state index contributed by atoms with van der Waals surface area (Å²) in [5, 5.41) is 48.7. The van der Waals surface area contributed by atoms with Gasteiger partial charge in [-0.25, -0.2) is 4.39 Å². The lowest BCUT2D eigenvalue weighted by Gasteiger charge is -2.45. The number of aromatic hydroxyl groups is 1. The Labute approximate surface area is 216 Å². The number of amides is 2. The minimum absolute atomic E-state index is 0.0876. The van der Waals surface area contributed by atoms with Gasteiger partial charge in [0, 0.05) is 29.5 Å². The molecule has 8 N–H and O–H groups in total. The average Bonchev–Trinajstić information content (AvgIpc) is 2.81. The SMILES string of the molecule is NC(=O)C1=C(O)C[C@@H]2CC3Cc4c(F)cc(NC(=O)CNCC5CCC5)c(O)c4C(=O)C3=C(O)[C@]2(O)C1=O. The van der Waals surface area contributed by atoms with E-state index in [0.29, 0.717) is 12.5 Å². The van der Waals surface area contributed by atoms with Gasteiger partial charge >= 0.3 is 0 Å². The molecule has 0 spiro atoms. The fourth-order valence-electron chi connectivity index (χ4n) is 6.02. The van der Waals surface area contributed by atoms with E-state index < -0.39 is 80.6 Å². The third-order valence-corrected chi connectivity index (χ3v) is 8.22. The van der Waals surface area contributed by atoms with Gasteiger partial charge in [0.15, 0.2) is 17.1 Å². The molecule has 1 unspecified atom stereocenters. The van der Waals surface area contributed by atoms with E-state index >= 15 is 4.39 Å². The number of carbonyl (C=O) groups excluding carboxylic acids is 4. The van der Waals surface area contributed by atoms with Gasteiger partial charge in [0.05, 0.1) is 17.8 Å². The van der Waals surface area contributed by atoms with Crippen LogP contribution in [0.4, 0.5) is 10.1 Å². The number of allylic oxidation sites excluding steroid dienone is 2. The number of halogens is 1. The first-order valence-corrected chi connectivity index (χ1v) is 12.5. The molecule has 1 fully saturated rings. The van der Waals surface area contributed by atoms with Crippen molar-refractivity contribution < 1.29 is 44.0 Å². The lowest BCUT2D eigenvalue weighted by molar-refractivity contribution is -0.144. The molecule has 202 valence electrons. The van der Waals surface area contributed by atoms with Crippen molar-refractivity contribution in [3.8, 4) is 5.75 Å². The van der Waals surface area contributed by atoms with Gasteiger partial charge in [0.2, 0.25) is 11.7 Å². The lowest BCUT2D eigenvalue weighted by atomic mass is 9.60. The second-order valence-corrected chi connectivity index (χ2v) is 10.5. The van der Waals surface area contributed by atoms with Gasteiger partial charge in [-0.3, -0.25) is 19.2 Å². The molecule has 0 saturated heterocycles. The van der Waals surface area contributed by atoms with Crippen LogP contribution >= 0.6 is 0 Å². The number of nitrogens with two attached hydrogens (primary N) is 1. The number of benzene rings is 1. The minimum Gasteiger partial charge on any atom is -0.511 e. The molecule has 0 heterocycles. The second-order valence-electron chi connectivity index (χ2n) is 10.5. The number of hydrogen-bond donors (Lipinski definition) is 7. The standard InChI is InChI=1S/C26H28FN3O8/c27-14-7-15(30-17(32)9-29-8-10-2-1-3-10)21(33)19-13(14)5-11-4-12-6-16(31)20(25(28)37)24(36)26(12,38)23(35)18(11)22(19)34/h7,10-12,29,31,33,35,38H,1-6,8-9H2,(H2,28,37)(H,30,32)/t11?,12-,26-/m0/s1. The summed E-state index contributed by atoms with van der Waals surface area (Å²) < 4.78 is 15.2. The Morgan fingerprint density at radius 1 is 1.16 bits per heavy atom. The van der Waals surface area contributed by atoms with Crippen molar-refractivity contribution in [1.82, 2.24) is 5.32 Å². The largest absolute Gasteiger partial charge is 0.511 e. The Bertz CT molecular complexity index is 1350. The van der Waals surface area contributed by atoms with Crippen LogP contribution in [0.25, 0.3) is 0 Å². The van der Waals surface area contributed by atoms with E-state index in [2.05, 4.69) is 10.6 Å². The topological polar surface area (TPSA) is 199 Å². The first-order chi connectivity index (χ1) is 17.9. The number of aliphatic hydroxyl groups is 3. The maximum absolute atomic E-state index is 15.2. The summed E-state index contributed by atoms with van der Waals surface area (Å²) in [6, 6.07) is 0.914. The molecule has 1 aromatic carbocycles. The number of primary amides is 1. The van der Waals surface area contributed by atoms with Crippen LogP contribution in [0.5, 0.6) is 5.75 Å². The Kier molecular flexibility index (Phi) is 6.27. The summed E-state index contributed by atoms with van der Waals surface area (Å²) in [4.78, 5) is 50.6. The highest BCUT2D eigenvalue weighted by Gasteiger charge is 2.59. The third kappa shape index (κ3) is 3.86. The average molecular weight is 530 g/mol. The Morgan fingerprint density at radius 3 is 2.50 bits per heavy atom. The smallest absolute Gasteiger partial charge is 0.255 e. The zero-order valence-electron chi connectivity index (χ0n) is 20.3. The fourth-order valence-corrected chi connectivity index (χ4v) is 6.02. The molecule has 0 radical (unpaired) electrons. The number of aliphatic hydroxyl groups excluding tert-OH is 2. The van der Waals surface area contributed by atoms with E-state index in [1.807, 2.05) is 0 Å². The summed E-state index contributed by atoms with van der Waals surface area (Å²) >= 11 is 0. The highest BCUT2D eigenvalue weighted by molar-refractivity contribution is 6.24. The normalized spacial score (nSPS) is 26.9. The third-order valence-electron chi connectivity index (χ3n) is 8.22. The lowest BCUT2D eigenvalue weighted by Crippen LogP contribution is -2.57. The van der Waals surface area contributed by atoms with Crippen molar-refractivity contribution >= 4 is 29.1 Å². The van der Waals surface area contributed by atoms with Gasteiger partial charge in [-0.15, -0.1) is 0 Å². The van der Waals surface area contributed by atoms with Gasteiger partial charge in [-0.2, -0.15) is 0 Å². The molecule has 1 aromatic rings. The molecular formula is C26H28FN3O8. The van der Waals surface area contributed by atoms with Crippen LogP contribution in [0.15, 0.2) is 28.7 Å². The molecule has 4 aliphatic carbocycles. The number of nitrogens with one attached hydrogen (secondary N) is 2. The molecular weight excluding hydrogens is 501 g/mol. The summed E-state index contributed by atoms with van der Waals surface area (Å²) in [7, 11) is 0. The van der Waals surface area contributed by atoms with Crippen molar-refractivity contribution in [1.29, 1.82) is 0 Å². The minimum atomic E-state index is -2.71. The molecule has 38 heavy (non-hydrogen) atoms. The van der Waals surface area contributed by atoms with Crippen molar-refractivity contribution in [2.24, 2.45) is 23.5 Å². The van der Waals surface area contributed by atoms with Crippen molar-refractivity contribution in [2.75, 3.05) is 18.4 Å². The van der Waals surface area contributed by atoms with Gasteiger partial charge in [-0.1, -0.05) is 6.42 Å². The van der Waals surface area contributed by atoms with Gasteiger partial charge in [0.25, 0.3) is 5.91 Å². The van der Waals surface area contributed by atoms with E-state index in [1.165, 1.54) is 0 Å².